The number of anilines is 2. The van der Waals surface area contributed by atoms with E-state index in [4.69, 9.17) is 0 Å². The van der Waals surface area contributed by atoms with Gasteiger partial charge in [-0.15, -0.1) is 0 Å². The number of hydrogen-bond acceptors (Lipinski definition) is 3. The Morgan fingerprint density at radius 1 is 0.931 bits per heavy atom. The summed E-state index contributed by atoms with van der Waals surface area (Å²) in [4.78, 5) is 12.9. The summed E-state index contributed by atoms with van der Waals surface area (Å²) in [6.45, 7) is 4.26. The topological polar surface area (TPSA) is 66.5 Å². The maximum absolute atomic E-state index is 13.0. The molecule has 0 fully saturated rings. The molecule has 4 rings (SSSR count). The molecule has 3 aromatic carbocycles. The molecule has 1 heterocycles. The Kier molecular flexibility index (Phi) is 4.88. The van der Waals surface area contributed by atoms with E-state index in [0.29, 0.717) is 24.2 Å². The molecule has 0 radical (unpaired) electrons. The van der Waals surface area contributed by atoms with Crippen molar-refractivity contribution in [1.82, 2.24) is 0 Å². The zero-order valence-electron chi connectivity index (χ0n) is 16.3. The average molecular weight is 407 g/mol. The molecule has 0 saturated carbocycles. The number of nitrogens with zero attached hydrogens (tertiary/aromatic N) is 1. The molecule has 0 bridgehead atoms. The van der Waals surface area contributed by atoms with Crippen molar-refractivity contribution in [3.63, 3.8) is 0 Å². The van der Waals surface area contributed by atoms with Gasteiger partial charge in [0.25, 0.3) is 15.9 Å². The fourth-order valence-corrected chi connectivity index (χ4v) is 5.03. The summed E-state index contributed by atoms with van der Waals surface area (Å²) in [5.74, 6) is -0.210. The van der Waals surface area contributed by atoms with Crippen LogP contribution < -0.4 is 9.62 Å². The van der Waals surface area contributed by atoms with Gasteiger partial charge in [-0.3, -0.25) is 9.10 Å². The summed E-state index contributed by atoms with van der Waals surface area (Å²) < 4.78 is 27.5. The second kappa shape index (κ2) is 7.37. The number of amides is 1. The predicted octanol–water partition coefficient (Wildman–Crippen LogP) is 4.31. The first-order valence-electron chi connectivity index (χ1n) is 9.45. The highest BCUT2D eigenvalue weighted by Crippen LogP contribution is 2.33. The van der Waals surface area contributed by atoms with Crippen LogP contribution in [0.2, 0.25) is 0 Å². The number of carbonyl (C=O) groups is 1. The maximum atomic E-state index is 13.0. The highest BCUT2D eigenvalue weighted by Gasteiger charge is 2.31. The molecule has 0 saturated heterocycles. The van der Waals surface area contributed by atoms with Crippen molar-refractivity contribution >= 4 is 27.3 Å². The van der Waals surface area contributed by atoms with Crippen molar-refractivity contribution in [3.05, 3.63) is 89.0 Å². The SMILES string of the molecule is Cc1ccc(S(=O)(=O)N2CCc3cc(C(=O)Nc4cccc(C)c4)ccc32)cc1. The number of hydrogen-bond donors (Lipinski definition) is 1. The molecule has 6 heteroatoms. The lowest BCUT2D eigenvalue weighted by Crippen LogP contribution is -2.29. The highest BCUT2D eigenvalue weighted by atomic mass is 32.2. The Bertz CT molecular complexity index is 1180. The molecule has 1 N–H and O–H groups in total. The van der Waals surface area contributed by atoms with Crippen molar-refractivity contribution in [1.29, 1.82) is 0 Å². The fourth-order valence-electron chi connectivity index (χ4n) is 3.53. The Balaban J connectivity index is 1.59. The van der Waals surface area contributed by atoms with Crippen LogP contribution in [-0.4, -0.2) is 20.9 Å². The molecule has 0 atom stereocenters. The van der Waals surface area contributed by atoms with Gasteiger partial charge in [0.1, 0.15) is 0 Å². The lowest BCUT2D eigenvalue weighted by Gasteiger charge is -2.20. The Hall–Kier alpha value is -3.12. The maximum Gasteiger partial charge on any atom is 0.264 e. The normalized spacial score (nSPS) is 13.2. The van der Waals surface area contributed by atoms with Crippen LogP contribution in [0.25, 0.3) is 0 Å². The predicted molar refractivity (Wildman–Crippen MR) is 115 cm³/mol. The van der Waals surface area contributed by atoms with Gasteiger partial charge >= 0.3 is 0 Å². The molecular weight excluding hydrogens is 384 g/mol. The third-order valence-corrected chi connectivity index (χ3v) is 6.91. The quantitative estimate of drug-likeness (QED) is 0.702. The average Bonchev–Trinajstić information content (AvgIpc) is 3.12. The number of fused-ring (bicyclic) bond motifs is 1. The van der Waals surface area contributed by atoms with E-state index in [-0.39, 0.29) is 10.8 Å². The number of rotatable bonds is 4. The van der Waals surface area contributed by atoms with E-state index in [1.165, 1.54) is 4.31 Å². The number of nitrogens with one attached hydrogen (secondary N) is 1. The molecule has 5 nitrogen and oxygen atoms in total. The smallest absolute Gasteiger partial charge is 0.264 e. The van der Waals surface area contributed by atoms with Gasteiger partial charge in [-0.05, 0) is 73.9 Å². The van der Waals surface area contributed by atoms with Crippen LogP contribution in [0.4, 0.5) is 11.4 Å². The zero-order chi connectivity index (χ0) is 20.6. The van der Waals surface area contributed by atoms with Gasteiger partial charge in [0.2, 0.25) is 0 Å². The molecule has 3 aromatic rings. The Morgan fingerprint density at radius 3 is 2.41 bits per heavy atom. The van der Waals surface area contributed by atoms with E-state index >= 15 is 0 Å². The van der Waals surface area contributed by atoms with Gasteiger partial charge in [-0.2, -0.15) is 0 Å². The van der Waals surface area contributed by atoms with Crippen molar-refractivity contribution in [2.75, 3.05) is 16.2 Å². The third kappa shape index (κ3) is 3.76. The molecular formula is C23H22N2O3S. The summed E-state index contributed by atoms with van der Waals surface area (Å²) in [7, 11) is -3.62. The minimum Gasteiger partial charge on any atom is -0.322 e. The highest BCUT2D eigenvalue weighted by molar-refractivity contribution is 7.92. The number of sulfonamides is 1. The summed E-state index contributed by atoms with van der Waals surface area (Å²) in [6, 6.07) is 19.6. The molecule has 29 heavy (non-hydrogen) atoms. The summed E-state index contributed by atoms with van der Waals surface area (Å²) >= 11 is 0. The Morgan fingerprint density at radius 2 is 1.69 bits per heavy atom. The van der Waals surface area contributed by atoms with Crippen LogP contribution in [0.15, 0.2) is 71.6 Å². The zero-order valence-corrected chi connectivity index (χ0v) is 17.2. The van der Waals surface area contributed by atoms with Crippen LogP contribution in [0.3, 0.4) is 0 Å². The first-order valence-corrected chi connectivity index (χ1v) is 10.9. The molecule has 1 amide bonds. The second-order valence-corrected chi connectivity index (χ2v) is 9.17. The van der Waals surface area contributed by atoms with Crippen molar-refractivity contribution < 1.29 is 13.2 Å². The van der Waals surface area contributed by atoms with E-state index in [0.717, 1.165) is 22.4 Å². The minimum atomic E-state index is -3.62. The molecule has 0 aromatic heterocycles. The van der Waals surface area contributed by atoms with Crippen molar-refractivity contribution in [3.8, 4) is 0 Å². The van der Waals surface area contributed by atoms with Crippen molar-refractivity contribution in [2.45, 2.75) is 25.2 Å². The van der Waals surface area contributed by atoms with Crippen LogP contribution in [0.1, 0.15) is 27.0 Å². The number of benzene rings is 3. The Labute approximate surface area is 171 Å². The van der Waals surface area contributed by atoms with Gasteiger partial charge in [0.05, 0.1) is 10.6 Å². The van der Waals surface area contributed by atoms with Crippen molar-refractivity contribution in [2.24, 2.45) is 0 Å². The molecule has 1 aliphatic heterocycles. The fraction of sp³-hybridized carbons (Fsp3) is 0.174. The van der Waals surface area contributed by atoms with E-state index in [1.807, 2.05) is 38.1 Å². The van der Waals surface area contributed by atoms with Crippen LogP contribution in [0, 0.1) is 13.8 Å². The number of carbonyl (C=O) groups excluding carboxylic acids is 1. The molecule has 1 aliphatic rings. The van der Waals surface area contributed by atoms with Gasteiger partial charge in [-0.1, -0.05) is 29.8 Å². The van der Waals surface area contributed by atoms with E-state index in [1.54, 1.807) is 42.5 Å². The molecule has 0 unspecified atom stereocenters. The summed E-state index contributed by atoms with van der Waals surface area (Å²) in [6.07, 6.45) is 0.575. The summed E-state index contributed by atoms with van der Waals surface area (Å²) in [5.41, 5.74) is 4.82. The molecule has 0 spiro atoms. The second-order valence-electron chi connectivity index (χ2n) is 7.31. The monoisotopic (exact) mass is 406 g/mol. The van der Waals surface area contributed by atoms with Crippen LogP contribution in [0.5, 0.6) is 0 Å². The van der Waals surface area contributed by atoms with Gasteiger partial charge in [0, 0.05) is 17.8 Å². The first kappa shape index (κ1) is 19.2. The van der Waals surface area contributed by atoms with Gasteiger partial charge in [0.15, 0.2) is 0 Å². The van der Waals surface area contributed by atoms with E-state index in [2.05, 4.69) is 5.32 Å². The van der Waals surface area contributed by atoms with E-state index in [9.17, 15) is 13.2 Å². The van der Waals surface area contributed by atoms with Gasteiger partial charge < -0.3 is 5.32 Å². The van der Waals surface area contributed by atoms with Crippen LogP contribution in [-0.2, 0) is 16.4 Å². The lowest BCUT2D eigenvalue weighted by atomic mass is 10.1. The molecule has 0 aliphatic carbocycles. The largest absolute Gasteiger partial charge is 0.322 e. The standard InChI is InChI=1S/C23H22N2O3S/c1-16-6-9-21(10-7-16)29(27,28)25-13-12-18-15-19(8-11-22(18)25)23(26)24-20-5-3-4-17(2)14-20/h3-11,14-15H,12-13H2,1-2H3,(H,24,26). The summed E-state index contributed by atoms with van der Waals surface area (Å²) in [5, 5.41) is 2.89. The number of aryl methyl sites for hydroxylation is 2. The van der Waals surface area contributed by atoms with Crippen LogP contribution >= 0.6 is 0 Å². The third-order valence-electron chi connectivity index (χ3n) is 5.08. The minimum absolute atomic E-state index is 0.210. The lowest BCUT2D eigenvalue weighted by molar-refractivity contribution is 0.102. The molecule has 148 valence electrons. The first-order chi connectivity index (χ1) is 13.8. The van der Waals surface area contributed by atoms with Gasteiger partial charge in [-0.25, -0.2) is 8.42 Å². The van der Waals surface area contributed by atoms with E-state index < -0.39 is 10.0 Å².